The highest BCUT2D eigenvalue weighted by Gasteiger charge is 2.25. The van der Waals surface area contributed by atoms with Crippen molar-refractivity contribution in [2.45, 2.75) is 57.9 Å². The zero-order valence-corrected chi connectivity index (χ0v) is 11.9. The topological polar surface area (TPSA) is 98.2 Å². The summed E-state index contributed by atoms with van der Waals surface area (Å²) in [7, 11) is 0. The Bertz CT molecular complexity index is 299. The first-order valence-electron chi connectivity index (χ1n) is 7.31. The summed E-state index contributed by atoms with van der Waals surface area (Å²) < 4.78 is 0. The highest BCUT2D eigenvalue weighted by Crippen LogP contribution is 2.24. The smallest absolute Gasteiger partial charge is 0.220 e. The van der Waals surface area contributed by atoms with E-state index in [0.717, 1.165) is 38.5 Å². The first-order chi connectivity index (χ1) is 9.02. The fourth-order valence-corrected chi connectivity index (χ4v) is 2.63. The van der Waals surface area contributed by atoms with Crippen molar-refractivity contribution in [3.8, 4) is 0 Å². The molecule has 1 atom stereocenters. The second-order valence-corrected chi connectivity index (χ2v) is 5.74. The van der Waals surface area contributed by atoms with E-state index in [0.29, 0.717) is 18.9 Å². The van der Waals surface area contributed by atoms with E-state index in [9.17, 15) is 9.59 Å². The number of amides is 2. The fraction of sp³-hybridized carbons (Fsp3) is 0.857. The number of hydrogen-bond acceptors (Lipinski definition) is 3. The molecule has 5 N–H and O–H groups in total. The third kappa shape index (κ3) is 6.05. The molecule has 0 aromatic heterocycles. The molecule has 19 heavy (non-hydrogen) atoms. The number of carbonyl (C=O) groups is 2. The Balaban J connectivity index is 2.18. The second kappa shape index (κ2) is 8.15. The molecule has 110 valence electrons. The zero-order chi connectivity index (χ0) is 14.3. The first kappa shape index (κ1) is 16.0. The van der Waals surface area contributed by atoms with E-state index in [1.165, 1.54) is 0 Å². The largest absolute Gasteiger partial charge is 0.369 e. The van der Waals surface area contributed by atoms with Crippen LogP contribution in [-0.4, -0.2) is 24.4 Å². The molecule has 0 aliphatic heterocycles. The maximum Gasteiger partial charge on any atom is 0.220 e. The molecule has 5 nitrogen and oxygen atoms in total. The minimum Gasteiger partial charge on any atom is -0.369 e. The van der Waals surface area contributed by atoms with Crippen molar-refractivity contribution in [2.75, 3.05) is 6.54 Å². The predicted octanol–water partition coefficient (Wildman–Crippen LogP) is 0.912. The molecule has 1 aliphatic rings. The van der Waals surface area contributed by atoms with Gasteiger partial charge in [0, 0.05) is 18.4 Å². The lowest BCUT2D eigenvalue weighted by Gasteiger charge is -2.27. The standard InChI is InChI=1S/C14H27N3O2/c1-10(8-9-15)2-7-13(18)17-12-5-3-11(4-6-12)14(16)19/h10-12H,2-9,15H2,1H3,(H2,16,19)(H,17,18). The number of carbonyl (C=O) groups excluding carboxylic acids is 2. The molecule has 1 aliphatic carbocycles. The van der Waals surface area contributed by atoms with Crippen LogP contribution in [0.5, 0.6) is 0 Å². The van der Waals surface area contributed by atoms with E-state index in [2.05, 4.69) is 12.2 Å². The van der Waals surface area contributed by atoms with E-state index in [1.807, 2.05) is 0 Å². The van der Waals surface area contributed by atoms with Crippen LogP contribution in [0.15, 0.2) is 0 Å². The Kier molecular flexibility index (Phi) is 6.84. The van der Waals surface area contributed by atoms with Gasteiger partial charge in [-0.1, -0.05) is 6.92 Å². The molecular formula is C14H27N3O2. The molecule has 0 heterocycles. The van der Waals surface area contributed by atoms with Gasteiger partial charge in [-0.05, 0) is 51.0 Å². The molecule has 1 rings (SSSR count). The summed E-state index contributed by atoms with van der Waals surface area (Å²) in [6.07, 6.45) is 5.73. The van der Waals surface area contributed by atoms with Gasteiger partial charge in [-0.2, -0.15) is 0 Å². The second-order valence-electron chi connectivity index (χ2n) is 5.74. The molecule has 0 aromatic carbocycles. The van der Waals surface area contributed by atoms with Gasteiger partial charge in [-0.25, -0.2) is 0 Å². The highest BCUT2D eigenvalue weighted by molar-refractivity contribution is 5.77. The van der Waals surface area contributed by atoms with E-state index >= 15 is 0 Å². The molecule has 1 saturated carbocycles. The Morgan fingerprint density at radius 1 is 1.21 bits per heavy atom. The Hall–Kier alpha value is -1.10. The number of primary amides is 1. The van der Waals surface area contributed by atoms with Gasteiger partial charge in [0.25, 0.3) is 0 Å². The molecule has 1 unspecified atom stereocenters. The summed E-state index contributed by atoms with van der Waals surface area (Å²) in [6.45, 7) is 2.80. The van der Waals surface area contributed by atoms with Gasteiger partial charge in [0.05, 0.1) is 0 Å². The first-order valence-corrected chi connectivity index (χ1v) is 7.31. The van der Waals surface area contributed by atoms with Crippen molar-refractivity contribution < 1.29 is 9.59 Å². The molecule has 0 radical (unpaired) electrons. The average Bonchev–Trinajstić information content (AvgIpc) is 2.37. The van der Waals surface area contributed by atoms with Crippen LogP contribution < -0.4 is 16.8 Å². The quantitative estimate of drug-likeness (QED) is 0.640. The maximum absolute atomic E-state index is 11.8. The molecule has 1 fully saturated rings. The normalized spacial score (nSPS) is 24.7. The van der Waals surface area contributed by atoms with Gasteiger partial charge in [0.2, 0.25) is 11.8 Å². The van der Waals surface area contributed by atoms with Gasteiger partial charge in [0.1, 0.15) is 0 Å². The number of nitrogens with one attached hydrogen (secondary N) is 1. The summed E-state index contributed by atoms with van der Waals surface area (Å²) in [5.74, 6) is 0.408. The summed E-state index contributed by atoms with van der Waals surface area (Å²) in [5, 5.41) is 3.05. The van der Waals surface area contributed by atoms with Crippen molar-refractivity contribution in [2.24, 2.45) is 23.3 Å². The van der Waals surface area contributed by atoms with Crippen LogP contribution in [0, 0.1) is 11.8 Å². The average molecular weight is 269 g/mol. The van der Waals surface area contributed by atoms with Crippen molar-refractivity contribution in [1.29, 1.82) is 0 Å². The highest BCUT2D eigenvalue weighted by atomic mass is 16.2. The van der Waals surface area contributed by atoms with Gasteiger partial charge in [-0.3, -0.25) is 9.59 Å². The van der Waals surface area contributed by atoms with Crippen LogP contribution in [0.4, 0.5) is 0 Å². The van der Waals surface area contributed by atoms with E-state index in [4.69, 9.17) is 11.5 Å². The Labute approximate surface area is 115 Å². The number of nitrogens with two attached hydrogens (primary N) is 2. The van der Waals surface area contributed by atoms with Gasteiger partial charge >= 0.3 is 0 Å². The van der Waals surface area contributed by atoms with Crippen LogP contribution in [0.1, 0.15) is 51.9 Å². The summed E-state index contributed by atoms with van der Waals surface area (Å²) >= 11 is 0. The van der Waals surface area contributed by atoms with Crippen molar-refractivity contribution in [1.82, 2.24) is 5.32 Å². The Morgan fingerprint density at radius 2 is 1.84 bits per heavy atom. The molecule has 0 aromatic rings. The number of rotatable bonds is 7. The maximum atomic E-state index is 11.8. The lowest BCUT2D eigenvalue weighted by Crippen LogP contribution is -2.39. The minimum absolute atomic E-state index is 0.00210. The molecular weight excluding hydrogens is 242 g/mol. The third-order valence-electron chi connectivity index (χ3n) is 4.02. The van der Waals surface area contributed by atoms with Crippen molar-refractivity contribution in [3.05, 3.63) is 0 Å². The van der Waals surface area contributed by atoms with Crippen molar-refractivity contribution >= 4 is 11.8 Å². The van der Waals surface area contributed by atoms with Crippen LogP contribution in [0.2, 0.25) is 0 Å². The Morgan fingerprint density at radius 3 is 2.37 bits per heavy atom. The SMILES string of the molecule is CC(CCN)CCC(=O)NC1CCC(C(N)=O)CC1. The third-order valence-corrected chi connectivity index (χ3v) is 4.02. The van der Waals surface area contributed by atoms with E-state index < -0.39 is 0 Å². The number of hydrogen-bond donors (Lipinski definition) is 3. The van der Waals surface area contributed by atoms with Gasteiger partial charge in [0.15, 0.2) is 0 Å². The zero-order valence-electron chi connectivity index (χ0n) is 11.9. The van der Waals surface area contributed by atoms with Crippen LogP contribution in [-0.2, 0) is 9.59 Å². The lowest BCUT2D eigenvalue weighted by molar-refractivity contribution is -0.123. The van der Waals surface area contributed by atoms with Crippen LogP contribution >= 0.6 is 0 Å². The minimum atomic E-state index is -0.208. The molecule has 0 spiro atoms. The fourth-order valence-electron chi connectivity index (χ4n) is 2.63. The van der Waals surface area contributed by atoms with E-state index in [-0.39, 0.29) is 23.8 Å². The van der Waals surface area contributed by atoms with Crippen LogP contribution in [0.25, 0.3) is 0 Å². The monoisotopic (exact) mass is 269 g/mol. The summed E-state index contributed by atoms with van der Waals surface area (Å²) in [6, 6.07) is 0.216. The van der Waals surface area contributed by atoms with Crippen LogP contribution in [0.3, 0.4) is 0 Å². The lowest BCUT2D eigenvalue weighted by atomic mass is 9.85. The summed E-state index contributed by atoms with van der Waals surface area (Å²) in [5.41, 5.74) is 10.8. The molecule has 5 heteroatoms. The van der Waals surface area contributed by atoms with Gasteiger partial charge < -0.3 is 16.8 Å². The molecule has 2 amide bonds. The summed E-state index contributed by atoms with van der Waals surface area (Å²) in [4.78, 5) is 22.8. The predicted molar refractivity (Wildman–Crippen MR) is 75.2 cm³/mol. The van der Waals surface area contributed by atoms with Gasteiger partial charge in [-0.15, -0.1) is 0 Å². The molecule has 0 saturated heterocycles. The van der Waals surface area contributed by atoms with E-state index in [1.54, 1.807) is 0 Å². The van der Waals surface area contributed by atoms with Crippen molar-refractivity contribution in [3.63, 3.8) is 0 Å². The molecule has 0 bridgehead atoms.